The summed E-state index contributed by atoms with van der Waals surface area (Å²) in [7, 11) is 0. The van der Waals surface area contributed by atoms with Crippen LogP contribution in [0.15, 0.2) is 21.3 Å². The van der Waals surface area contributed by atoms with Gasteiger partial charge in [-0.05, 0) is 44.2 Å². The van der Waals surface area contributed by atoms with E-state index in [4.69, 9.17) is 4.52 Å². The van der Waals surface area contributed by atoms with Crippen LogP contribution in [0.25, 0.3) is 11.4 Å². The molecule has 20 heavy (non-hydrogen) atoms. The van der Waals surface area contributed by atoms with Crippen molar-refractivity contribution in [1.29, 1.82) is 0 Å². The van der Waals surface area contributed by atoms with Gasteiger partial charge in [0.1, 0.15) is 0 Å². The van der Waals surface area contributed by atoms with Gasteiger partial charge < -0.3 is 9.63 Å². The van der Waals surface area contributed by atoms with Crippen LogP contribution in [-0.2, 0) is 6.54 Å². The van der Waals surface area contributed by atoms with Crippen LogP contribution in [0.1, 0.15) is 32.1 Å². The molecule has 0 bridgehead atoms. The van der Waals surface area contributed by atoms with Crippen LogP contribution in [0.5, 0.6) is 0 Å². The lowest BCUT2D eigenvalue weighted by molar-refractivity contribution is 0.0440. The first-order valence-electron chi connectivity index (χ1n) is 6.92. The predicted molar refractivity (Wildman–Crippen MR) is 77.4 cm³/mol. The maximum Gasteiger partial charge on any atom is 0.241 e. The van der Waals surface area contributed by atoms with E-state index in [9.17, 15) is 5.11 Å². The van der Waals surface area contributed by atoms with Gasteiger partial charge in [0.05, 0.1) is 12.1 Å². The summed E-state index contributed by atoms with van der Waals surface area (Å²) in [4.78, 5) is 6.71. The van der Waals surface area contributed by atoms with E-state index in [1.54, 1.807) is 11.3 Å². The van der Waals surface area contributed by atoms with Crippen molar-refractivity contribution < 1.29 is 9.63 Å². The molecular formula is C14H19N3O2S. The molecule has 1 unspecified atom stereocenters. The lowest BCUT2D eigenvalue weighted by Crippen LogP contribution is -2.28. The standard InChI is InChI=1S/C14H19N3O2S/c1-14(18)4-2-6-17(7-5-14)9-12-15-13(16-19-12)11-3-8-20-10-11/h3,8,10,18H,2,4-7,9H2,1H3. The van der Waals surface area contributed by atoms with Crippen molar-refractivity contribution in [2.24, 2.45) is 0 Å². The zero-order chi connectivity index (χ0) is 14.0. The Labute approximate surface area is 122 Å². The Hall–Kier alpha value is -1.24. The van der Waals surface area contributed by atoms with Crippen LogP contribution in [0.4, 0.5) is 0 Å². The van der Waals surface area contributed by atoms with Crippen molar-refractivity contribution in [3.8, 4) is 11.4 Å². The van der Waals surface area contributed by atoms with E-state index in [1.165, 1.54) is 0 Å². The highest BCUT2D eigenvalue weighted by Crippen LogP contribution is 2.23. The number of likely N-dealkylation sites (tertiary alicyclic amines) is 1. The van der Waals surface area contributed by atoms with Crippen molar-refractivity contribution in [2.45, 2.75) is 38.3 Å². The van der Waals surface area contributed by atoms with Crippen molar-refractivity contribution in [3.05, 3.63) is 22.7 Å². The fourth-order valence-electron chi connectivity index (χ4n) is 2.50. The zero-order valence-corrected chi connectivity index (χ0v) is 12.4. The normalized spacial score (nSPS) is 24.7. The molecular weight excluding hydrogens is 274 g/mol. The fourth-order valence-corrected chi connectivity index (χ4v) is 3.13. The van der Waals surface area contributed by atoms with Crippen molar-refractivity contribution in [2.75, 3.05) is 13.1 Å². The Balaban J connectivity index is 1.63. The first-order valence-corrected chi connectivity index (χ1v) is 7.87. The van der Waals surface area contributed by atoms with Gasteiger partial charge in [0.15, 0.2) is 0 Å². The van der Waals surface area contributed by atoms with Gasteiger partial charge in [-0.3, -0.25) is 4.90 Å². The van der Waals surface area contributed by atoms with E-state index in [0.717, 1.165) is 37.9 Å². The minimum Gasteiger partial charge on any atom is -0.390 e. The predicted octanol–water partition coefficient (Wildman–Crippen LogP) is 2.54. The topological polar surface area (TPSA) is 62.4 Å². The summed E-state index contributed by atoms with van der Waals surface area (Å²) in [5.41, 5.74) is 0.467. The molecule has 3 heterocycles. The lowest BCUT2D eigenvalue weighted by Gasteiger charge is -2.21. The van der Waals surface area contributed by atoms with E-state index in [-0.39, 0.29) is 0 Å². The third kappa shape index (κ3) is 3.26. The molecule has 2 aromatic heterocycles. The highest BCUT2D eigenvalue weighted by Gasteiger charge is 2.25. The average Bonchev–Trinajstić information content (AvgIpc) is 3.03. The van der Waals surface area contributed by atoms with Crippen LogP contribution >= 0.6 is 11.3 Å². The molecule has 0 radical (unpaired) electrons. The second kappa shape index (κ2) is 5.63. The van der Waals surface area contributed by atoms with E-state index in [0.29, 0.717) is 18.3 Å². The molecule has 1 atom stereocenters. The molecule has 1 aliphatic heterocycles. The van der Waals surface area contributed by atoms with Gasteiger partial charge in [-0.15, -0.1) is 0 Å². The summed E-state index contributed by atoms with van der Waals surface area (Å²) in [6.45, 7) is 4.40. The number of nitrogens with zero attached hydrogens (tertiary/aromatic N) is 3. The number of aromatic nitrogens is 2. The molecule has 1 fully saturated rings. The molecule has 0 aliphatic carbocycles. The number of hydrogen-bond donors (Lipinski definition) is 1. The summed E-state index contributed by atoms with van der Waals surface area (Å²) >= 11 is 1.62. The molecule has 0 aromatic carbocycles. The first kappa shape index (κ1) is 13.7. The highest BCUT2D eigenvalue weighted by atomic mass is 32.1. The van der Waals surface area contributed by atoms with Gasteiger partial charge in [-0.2, -0.15) is 16.3 Å². The largest absolute Gasteiger partial charge is 0.390 e. The van der Waals surface area contributed by atoms with Crippen molar-refractivity contribution in [3.63, 3.8) is 0 Å². The molecule has 0 spiro atoms. The molecule has 0 amide bonds. The molecule has 0 saturated carbocycles. The Morgan fingerprint density at radius 2 is 2.35 bits per heavy atom. The van der Waals surface area contributed by atoms with E-state index < -0.39 is 5.60 Å². The van der Waals surface area contributed by atoms with E-state index >= 15 is 0 Å². The maximum absolute atomic E-state index is 10.1. The summed E-state index contributed by atoms with van der Waals surface area (Å²) in [6, 6.07) is 1.99. The van der Waals surface area contributed by atoms with E-state index in [2.05, 4.69) is 15.0 Å². The highest BCUT2D eigenvalue weighted by molar-refractivity contribution is 7.08. The van der Waals surface area contributed by atoms with Gasteiger partial charge in [-0.1, -0.05) is 5.16 Å². The van der Waals surface area contributed by atoms with Gasteiger partial charge in [0.25, 0.3) is 0 Å². The number of thiophene rings is 1. The van der Waals surface area contributed by atoms with Crippen molar-refractivity contribution >= 4 is 11.3 Å². The molecule has 2 aromatic rings. The summed E-state index contributed by atoms with van der Waals surface area (Å²) in [5, 5.41) is 18.1. The summed E-state index contributed by atoms with van der Waals surface area (Å²) in [6.07, 6.45) is 2.64. The van der Waals surface area contributed by atoms with Crippen LogP contribution in [0.2, 0.25) is 0 Å². The SMILES string of the molecule is CC1(O)CCCN(Cc2nc(-c3ccsc3)no2)CC1. The first-order chi connectivity index (χ1) is 9.62. The molecule has 108 valence electrons. The average molecular weight is 293 g/mol. The van der Waals surface area contributed by atoms with Crippen LogP contribution < -0.4 is 0 Å². The van der Waals surface area contributed by atoms with Crippen LogP contribution in [0, 0.1) is 0 Å². The fraction of sp³-hybridized carbons (Fsp3) is 0.571. The summed E-state index contributed by atoms with van der Waals surface area (Å²) in [5.74, 6) is 1.30. The third-order valence-corrected chi connectivity index (χ3v) is 4.45. The molecule has 3 rings (SSSR count). The molecule has 5 nitrogen and oxygen atoms in total. The quantitative estimate of drug-likeness (QED) is 0.942. The molecule has 1 aliphatic rings. The van der Waals surface area contributed by atoms with Gasteiger partial charge >= 0.3 is 0 Å². The number of rotatable bonds is 3. The second-order valence-corrected chi connectivity index (χ2v) is 6.43. The smallest absolute Gasteiger partial charge is 0.241 e. The second-order valence-electron chi connectivity index (χ2n) is 5.65. The minimum atomic E-state index is -0.536. The van der Waals surface area contributed by atoms with Crippen LogP contribution in [0.3, 0.4) is 0 Å². The Kier molecular flexibility index (Phi) is 3.87. The number of aliphatic hydroxyl groups is 1. The molecule has 1 saturated heterocycles. The monoisotopic (exact) mass is 293 g/mol. The van der Waals surface area contributed by atoms with Gasteiger partial charge in [0, 0.05) is 17.5 Å². The lowest BCUT2D eigenvalue weighted by atomic mass is 9.98. The minimum absolute atomic E-state index is 0.536. The Bertz CT molecular complexity index is 551. The van der Waals surface area contributed by atoms with Gasteiger partial charge in [-0.25, -0.2) is 0 Å². The Morgan fingerprint density at radius 3 is 3.15 bits per heavy atom. The van der Waals surface area contributed by atoms with E-state index in [1.807, 2.05) is 23.8 Å². The van der Waals surface area contributed by atoms with Crippen LogP contribution in [-0.4, -0.2) is 38.8 Å². The van der Waals surface area contributed by atoms with Crippen molar-refractivity contribution in [1.82, 2.24) is 15.0 Å². The number of hydrogen-bond acceptors (Lipinski definition) is 6. The third-order valence-electron chi connectivity index (χ3n) is 3.76. The summed E-state index contributed by atoms with van der Waals surface area (Å²) < 4.78 is 5.32. The molecule has 1 N–H and O–H groups in total. The van der Waals surface area contributed by atoms with Gasteiger partial charge in [0.2, 0.25) is 11.7 Å². The Morgan fingerprint density at radius 1 is 1.45 bits per heavy atom. The zero-order valence-electron chi connectivity index (χ0n) is 11.6. The molecule has 6 heteroatoms. The maximum atomic E-state index is 10.1.